The van der Waals surface area contributed by atoms with Gasteiger partial charge in [-0.15, -0.1) is 0 Å². The van der Waals surface area contributed by atoms with Crippen molar-refractivity contribution in [2.24, 2.45) is 16.9 Å². The van der Waals surface area contributed by atoms with Crippen molar-refractivity contribution in [3.8, 4) is 0 Å². The first-order valence-corrected chi connectivity index (χ1v) is 5.77. The van der Waals surface area contributed by atoms with Crippen molar-refractivity contribution in [3.63, 3.8) is 0 Å². The summed E-state index contributed by atoms with van der Waals surface area (Å²) >= 11 is 0. The van der Waals surface area contributed by atoms with Crippen molar-refractivity contribution < 1.29 is 9.59 Å². The SMILES string of the molecule is NC(=O)C12CCCC1(N)c1ccccc1C2=O. The predicted molar refractivity (Wildman–Crippen MR) is 62.1 cm³/mol. The zero-order valence-electron chi connectivity index (χ0n) is 9.40. The fourth-order valence-corrected chi connectivity index (χ4v) is 3.50. The Labute approximate surface area is 99.0 Å². The molecule has 2 unspecified atom stereocenters. The minimum Gasteiger partial charge on any atom is -0.369 e. The van der Waals surface area contributed by atoms with Gasteiger partial charge >= 0.3 is 0 Å². The first-order chi connectivity index (χ1) is 8.04. The molecule has 0 radical (unpaired) electrons. The number of amides is 1. The van der Waals surface area contributed by atoms with Crippen LogP contribution < -0.4 is 11.5 Å². The first kappa shape index (κ1) is 10.5. The van der Waals surface area contributed by atoms with Crippen molar-refractivity contribution in [1.29, 1.82) is 0 Å². The second-order valence-electron chi connectivity index (χ2n) is 4.97. The van der Waals surface area contributed by atoms with Crippen molar-refractivity contribution in [2.75, 3.05) is 0 Å². The molecule has 88 valence electrons. The van der Waals surface area contributed by atoms with E-state index < -0.39 is 16.9 Å². The van der Waals surface area contributed by atoms with Crippen LogP contribution in [-0.2, 0) is 10.3 Å². The Kier molecular flexibility index (Phi) is 1.82. The monoisotopic (exact) mass is 230 g/mol. The van der Waals surface area contributed by atoms with Crippen LogP contribution in [-0.4, -0.2) is 11.7 Å². The van der Waals surface area contributed by atoms with Crippen LogP contribution in [0.4, 0.5) is 0 Å². The van der Waals surface area contributed by atoms with Gasteiger partial charge in [-0.25, -0.2) is 0 Å². The van der Waals surface area contributed by atoms with E-state index in [0.29, 0.717) is 18.4 Å². The predicted octanol–water partition coefficient (Wildman–Crippen LogP) is 0.692. The van der Waals surface area contributed by atoms with Gasteiger partial charge in [0.25, 0.3) is 0 Å². The second kappa shape index (κ2) is 2.96. The Morgan fingerprint density at radius 2 is 1.94 bits per heavy atom. The molecule has 1 aromatic rings. The van der Waals surface area contributed by atoms with Crippen LogP contribution in [0.3, 0.4) is 0 Å². The van der Waals surface area contributed by atoms with Crippen molar-refractivity contribution in [2.45, 2.75) is 24.8 Å². The van der Waals surface area contributed by atoms with Crippen molar-refractivity contribution in [3.05, 3.63) is 35.4 Å². The van der Waals surface area contributed by atoms with E-state index in [1.54, 1.807) is 12.1 Å². The summed E-state index contributed by atoms with van der Waals surface area (Å²) in [5.74, 6) is -0.778. The number of rotatable bonds is 1. The molecule has 2 aliphatic rings. The van der Waals surface area contributed by atoms with E-state index in [2.05, 4.69) is 0 Å². The molecule has 0 heterocycles. The van der Waals surface area contributed by atoms with Crippen LogP contribution in [0.1, 0.15) is 35.2 Å². The number of primary amides is 1. The lowest BCUT2D eigenvalue weighted by Crippen LogP contribution is -2.55. The summed E-state index contributed by atoms with van der Waals surface area (Å²) in [5, 5.41) is 0. The highest BCUT2D eigenvalue weighted by Gasteiger charge is 2.67. The molecule has 1 fully saturated rings. The third-order valence-electron chi connectivity index (χ3n) is 4.35. The van der Waals surface area contributed by atoms with Crippen LogP contribution in [0.15, 0.2) is 24.3 Å². The van der Waals surface area contributed by atoms with Gasteiger partial charge in [0, 0.05) is 5.56 Å². The zero-order valence-corrected chi connectivity index (χ0v) is 9.40. The molecule has 1 amide bonds. The van der Waals surface area contributed by atoms with E-state index in [1.165, 1.54) is 0 Å². The molecule has 0 spiro atoms. The minimum absolute atomic E-state index is 0.194. The van der Waals surface area contributed by atoms with Crippen LogP contribution in [0.25, 0.3) is 0 Å². The summed E-state index contributed by atoms with van der Waals surface area (Å²) in [6.07, 6.45) is 1.87. The van der Waals surface area contributed by atoms with Gasteiger partial charge in [-0.1, -0.05) is 24.3 Å². The molecule has 2 aliphatic carbocycles. The molecule has 0 bridgehead atoms. The number of hydrogen-bond acceptors (Lipinski definition) is 3. The lowest BCUT2D eigenvalue weighted by molar-refractivity contribution is -0.127. The van der Waals surface area contributed by atoms with Gasteiger partial charge in [0.15, 0.2) is 5.78 Å². The van der Waals surface area contributed by atoms with Gasteiger partial charge in [-0.2, -0.15) is 0 Å². The number of carbonyl (C=O) groups is 2. The number of Topliss-reactive ketones (excluding diaryl/α,β-unsaturated/α-hetero) is 1. The number of nitrogens with two attached hydrogens (primary N) is 2. The number of hydrogen-bond donors (Lipinski definition) is 2. The van der Waals surface area contributed by atoms with Gasteiger partial charge < -0.3 is 11.5 Å². The van der Waals surface area contributed by atoms with E-state index in [1.807, 2.05) is 12.1 Å². The van der Waals surface area contributed by atoms with Gasteiger partial charge in [-0.3, -0.25) is 9.59 Å². The molecular weight excluding hydrogens is 216 g/mol. The fraction of sp³-hybridized carbons (Fsp3) is 0.385. The largest absolute Gasteiger partial charge is 0.369 e. The van der Waals surface area contributed by atoms with E-state index in [9.17, 15) is 9.59 Å². The summed E-state index contributed by atoms with van der Waals surface area (Å²) < 4.78 is 0. The Morgan fingerprint density at radius 3 is 2.65 bits per heavy atom. The molecule has 0 aliphatic heterocycles. The topological polar surface area (TPSA) is 86.2 Å². The van der Waals surface area contributed by atoms with E-state index in [0.717, 1.165) is 12.0 Å². The quantitative estimate of drug-likeness (QED) is 0.696. The summed E-state index contributed by atoms with van der Waals surface area (Å²) in [7, 11) is 0. The third-order valence-corrected chi connectivity index (χ3v) is 4.35. The molecular formula is C13H14N2O2. The zero-order chi connectivity index (χ0) is 12.3. The highest BCUT2D eigenvalue weighted by molar-refractivity contribution is 6.19. The summed E-state index contributed by atoms with van der Waals surface area (Å²) in [6.45, 7) is 0. The summed E-state index contributed by atoms with van der Waals surface area (Å²) in [4.78, 5) is 24.3. The molecule has 4 heteroatoms. The second-order valence-corrected chi connectivity index (χ2v) is 4.97. The van der Waals surface area contributed by atoms with Crippen LogP contribution in [0.5, 0.6) is 0 Å². The Balaban J connectivity index is 2.34. The van der Waals surface area contributed by atoms with Crippen LogP contribution >= 0.6 is 0 Å². The lowest BCUT2D eigenvalue weighted by Gasteiger charge is -2.33. The van der Waals surface area contributed by atoms with Gasteiger partial charge in [0.2, 0.25) is 5.91 Å². The summed E-state index contributed by atoms with van der Waals surface area (Å²) in [6, 6.07) is 7.20. The average Bonchev–Trinajstić information content (AvgIpc) is 2.75. The highest BCUT2D eigenvalue weighted by Crippen LogP contribution is 2.58. The van der Waals surface area contributed by atoms with Crippen molar-refractivity contribution in [1.82, 2.24) is 0 Å². The Hall–Kier alpha value is -1.68. The molecule has 2 atom stereocenters. The lowest BCUT2D eigenvalue weighted by atomic mass is 9.72. The van der Waals surface area contributed by atoms with E-state index in [4.69, 9.17) is 11.5 Å². The molecule has 4 N–H and O–H groups in total. The van der Waals surface area contributed by atoms with Gasteiger partial charge in [0.05, 0.1) is 5.54 Å². The maximum absolute atomic E-state index is 12.5. The Morgan fingerprint density at radius 1 is 1.24 bits per heavy atom. The maximum atomic E-state index is 12.5. The fourth-order valence-electron chi connectivity index (χ4n) is 3.50. The number of benzene rings is 1. The molecule has 17 heavy (non-hydrogen) atoms. The van der Waals surface area contributed by atoms with Gasteiger partial charge in [-0.05, 0) is 24.8 Å². The first-order valence-electron chi connectivity index (χ1n) is 5.77. The smallest absolute Gasteiger partial charge is 0.233 e. The standard InChI is InChI=1S/C13H14N2O2/c14-11(17)12-6-3-7-13(12,15)9-5-2-1-4-8(9)10(12)16/h1-2,4-5H,3,6-7,15H2,(H2,14,17). The molecule has 0 aromatic heterocycles. The van der Waals surface area contributed by atoms with E-state index >= 15 is 0 Å². The molecule has 1 aromatic carbocycles. The summed E-state index contributed by atoms with van der Waals surface area (Å²) in [5.41, 5.74) is 11.1. The van der Waals surface area contributed by atoms with Crippen LogP contribution in [0, 0.1) is 5.41 Å². The van der Waals surface area contributed by atoms with E-state index in [-0.39, 0.29) is 5.78 Å². The molecule has 1 saturated carbocycles. The minimum atomic E-state index is -1.21. The van der Waals surface area contributed by atoms with Gasteiger partial charge in [0.1, 0.15) is 5.41 Å². The van der Waals surface area contributed by atoms with Crippen molar-refractivity contribution >= 4 is 11.7 Å². The molecule has 3 rings (SSSR count). The normalized spacial score (nSPS) is 34.5. The number of ketones is 1. The highest BCUT2D eigenvalue weighted by atomic mass is 16.2. The Bertz CT molecular complexity index is 540. The number of carbonyl (C=O) groups excluding carboxylic acids is 2. The average molecular weight is 230 g/mol. The molecule has 0 saturated heterocycles. The third kappa shape index (κ3) is 0.931. The van der Waals surface area contributed by atoms with Crippen LogP contribution in [0.2, 0.25) is 0 Å². The maximum Gasteiger partial charge on any atom is 0.233 e. The number of fused-ring (bicyclic) bond motifs is 3. The molecule has 4 nitrogen and oxygen atoms in total.